The molecule has 0 spiro atoms. The molecule has 0 atom stereocenters. The summed E-state index contributed by atoms with van der Waals surface area (Å²) in [7, 11) is -7.83. The zero-order valence-electron chi connectivity index (χ0n) is 14.6. The summed E-state index contributed by atoms with van der Waals surface area (Å²) in [6.45, 7) is 6.48. The Balaban J connectivity index is 0. The van der Waals surface area contributed by atoms with Crippen molar-refractivity contribution >= 4 is 15.2 Å². The third-order valence-corrected chi connectivity index (χ3v) is 6.42. The normalized spacial score (nSPS) is 12.0. The van der Waals surface area contributed by atoms with Crippen LogP contribution in [0.15, 0.2) is 11.1 Å². The number of hydrogen-bond donors (Lipinski definition) is 0. The molecule has 0 heterocycles. The van der Waals surface area contributed by atoms with Gasteiger partial charge in [0.15, 0.2) is 0 Å². The van der Waals surface area contributed by atoms with Crippen LogP contribution < -0.4 is 51.4 Å². The molecule has 0 aliphatic carbocycles. The average molecular weight is 402 g/mol. The predicted octanol–water partition coefficient (Wildman–Crippen LogP) is 0.986. The molecular weight excluding hydrogens is 381 g/mol. The second kappa shape index (κ2) is 13.7. The smallest absolute Gasteiger partial charge is 0.318 e. The first-order valence-corrected chi connectivity index (χ1v) is 10.2. The molecular formula is C13H21KN2O6P2. The van der Waals surface area contributed by atoms with Gasteiger partial charge in [0.05, 0.1) is 26.4 Å². The molecule has 0 rings (SSSR count). The topological polar surface area (TPSA) is 119 Å². The summed E-state index contributed by atoms with van der Waals surface area (Å²) in [5.74, 6) is 0.350. The monoisotopic (exact) mass is 402 g/mol. The van der Waals surface area contributed by atoms with Gasteiger partial charge in [0, 0.05) is 12.1 Å². The van der Waals surface area contributed by atoms with Gasteiger partial charge in [-0.25, -0.2) is 10.5 Å². The van der Waals surface area contributed by atoms with Gasteiger partial charge in [0.25, 0.3) is 7.60 Å². The van der Waals surface area contributed by atoms with Crippen molar-refractivity contribution in [1.29, 1.82) is 10.5 Å². The minimum Gasteiger partial charge on any atom is -0.318 e. The molecule has 24 heavy (non-hydrogen) atoms. The Kier molecular flexibility index (Phi) is 15.3. The first kappa shape index (κ1) is 26.8. The first-order valence-electron chi connectivity index (χ1n) is 7.05. The van der Waals surface area contributed by atoms with E-state index in [1.807, 2.05) is 0 Å². The van der Waals surface area contributed by atoms with E-state index in [1.165, 1.54) is 0 Å². The molecule has 0 radical (unpaired) electrons. The maximum Gasteiger partial charge on any atom is 1.00 e. The largest absolute Gasteiger partial charge is 1.00 e. The van der Waals surface area contributed by atoms with E-state index in [0.29, 0.717) is 0 Å². The van der Waals surface area contributed by atoms with Gasteiger partial charge in [-0.05, 0) is 33.6 Å². The summed E-state index contributed by atoms with van der Waals surface area (Å²) in [6.07, 6.45) is 0. The quantitative estimate of drug-likeness (QED) is 0.285. The molecule has 0 bridgehead atoms. The maximum atomic E-state index is 12.9. The van der Waals surface area contributed by atoms with Crippen LogP contribution in [0.25, 0.3) is 0 Å². The van der Waals surface area contributed by atoms with Crippen molar-refractivity contribution in [2.75, 3.05) is 26.4 Å². The van der Waals surface area contributed by atoms with Crippen molar-refractivity contribution in [2.24, 2.45) is 0 Å². The SMILES string of the molecule is CCOP(=O)(/C=C(\[C-](C#N)C#N)P(=O)(OCC)OCC)OCC.[K+]. The van der Waals surface area contributed by atoms with Gasteiger partial charge in [-0.1, -0.05) is 5.31 Å². The maximum absolute atomic E-state index is 12.9. The van der Waals surface area contributed by atoms with E-state index in [2.05, 4.69) is 0 Å². The van der Waals surface area contributed by atoms with Crippen molar-refractivity contribution < 1.29 is 78.6 Å². The van der Waals surface area contributed by atoms with Crippen LogP contribution in [0.1, 0.15) is 27.7 Å². The molecule has 8 nitrogen and oxygen atoms in total. The van der Waals surface area contributed by atoms with Gasteiger partial charge in [0.1, 0.15) is 0 Å². The van der Waals surface area contributed by atoms with Crippen molar-refractivity contribution in [3.05, 3.63) is 17.0 Å². The molecule has 0 fully saturated rings. The second-order valence-corrected chi connectivity index (χ2v) is 7.67. The van der Waals surface area contributed by atoms with Crippen LogP contribution in [-0.4, -0.2) is 26.4 Å². The molecule has 0 aliphatic heterocycles. The van der Waals surface area contributed by atoms with Crippen LogP contribution in [0.4, 0.5) is 0 Å². The van der Waals surface area contributed by atoms with Gasteiger partial charge in [-0.2, -0.15) is 0 Å². The summed E-state index contributed by atoms with van der Waals surface area (Å²) in [5, 5.41) is 17.8. The number of nitrogens with zero attached hydrogens (tertiary/aromatic N) is 2. The fourth-order valence-electron chi connectivity index (χ4n) is 1.55. The fraction of sp³-hybridized carbons (Fsp3) is 0.615. The molecule has 0 aromatic rings. The molecule has 0 aromatic heterocycles. The van der Waals surface area contributed by atoms with Crippen LogP contribution in [0, 0.1) is 28.6 Å². The number of hydrogen-bond acceptors (Lipinski definition) is 8. The van der Waals surface area contributed by atoms with Crippen LogP contribution in [0.3, 0.4) is 0 Å². The summed E-state index contributed by atoms with van der Waals surface area (Å²) in [4.78, 5) is 0. The van der Waals surface area contributed by atoms with E-state index >= 15 is 0 Å². The predicted molar refractivity (Wildman–Crippen MR) is 84.3 cm³/mol. The van der Waals surface area contributed by atoms with E-state index < -0.39 is 26.4 Å². The van der Waals surface area contributed by atoms with Crippen molar-refractivity contribution in [2.45, 2.75) is 27.7 Å². The van der Waals surface area contributed by atoms with Gasteiger partial charge in [0.2, 0.25) is 0 Å². The molecule has 0 saturated carbocycles. The minimum atomic E-state index is -4.02. The molecule has 0 N–H and O–H groups in total. The van der Waals surface area contributed by atoms with Gasteiger partial charge < -0.3 is 18.1 Å². The molecule has 11 heteroatoms. The molecule has 0 saturated heterocycles. The van der Waals surface area contributed by atoms with Gasteiger partial charge in [-0.3, -0.25) is 9.13 Å². The van der Waals surface area contributed by atoms with E-state index in [0.717, 1.165) is 5.82 Å². The Bertz CT molecular complexity index is 550. The Labute approximate surface area is 186 Å². The second-order valence-electron chi connectivity index (χ2n) is 3.82. The summed E-state index contributed by atoms with van der Waals surface area (Å²) >= 11 is 0. The van der Waals surface area contributed by atoms with E-state index in [1.54, 1.807) is 39.8 Å². The zero-order chi connectivity index (χ0) is 17.9. The third kappa shape index (κ3) is 8.27. The molecule has 130 valence electrons. The number of nitriles is 2. The van der Waals surface area contributed by atoms with Gasteiger partial charge >= 0.3 is 59.0 Å². The standard InChI is InChI=1S/C13H21N2O6P2.K/c1-5-18-22(16,19-6-2)11-13(12(9-14)10-15)23(17,20-7-3)21-8-4;/h11H,5-8H2,1-4H3;/q-1;+1/b13-11+;. The van der Waals surface area contributed by atoms with E-state index in [4.69, 9.17) is 28.6 Å². The Morgan fingerprint density at radius 1 is 0.917 bits per heavy atom. The number of rotatable bonds is 11. The van der Waals surface area contributed by atoms with Crippen molar-refractivity contribution in [3.8, 4) is 12.1 Å². The Morgan fingerprint density at radius 3 is 1.58 bits per heavy atom. The average Bonchev–Trinajstić information content (AvgIpc) is 2.48. The van der Waals surface area contributed by atoms with Crippen LogP contribution >= 0.6 is 15.2 Å². The number of allylic oxidation sites excluding steroid dienone is 1. The summed E-state index contributed by atoms with van der Waals surface area (Å²) < 4.78 is 45.9. The third-order valence-electron chi connectivity index (χ3n) is 2.27. The summed E-state index contributed by atoms with van der Waals surface area (Å²) in [5.41, 5.74) is 0. The van der Waals surface area contributed by atoms with Crippen LogP contribution in [0.5, 0.6) is 0 Å². The molecule has 0 aliphatic rings. The Hall–Kier alpha value is 0.526. The molecule has 0 aromatic carbocycles. The Morgan fingerprint density at radius 2 is 1.29 bits per heavy atom. The van der Waals surface area contributed by atoms with Crippen molar-refractivity contribution in [3.63, 3.8) is 0 Å². The van der Waals surface area contributed by atoms with Crippen LogP contribution in [0.2, 0.25) is 0 Å². The zero-order valence-corrected chi connectivity index (χ0v) is 19.6. The fourth-order valence-corrected chi connectivity index (χ4v) is 5.32. The van der Waals surface area contributed by atoms with Crippen molar-refractivity contribution in [1.82, 2.24) is 0 Å². The summed E-state index contributed by atoms with van der Waals surface area (Å²) in [6, 6.07) is 3.21. The first-order chi connectivity index (χ1) is 10.9. The van der Waals surface area contributed by atoms with E-state index in [9.17, 15) is 9.13 Å². The minimum absolute atomic E-state index is 0. The van der Waals surface area contributed by atoms with Crippen LogP contribution in [-0.2, 0) is 27.2 Å². The molecule has 0 unspecified atom stereocenters. The van der Waals surface area contributed by atoms with Gasteiger partial charge in [-0.15, -0.1) is 5.82 Å². The van der Waals surface area contributed by atoms with E-state index in [-0.39, 0.29) is 77.8 Å². The molecule has 0 amide bonds.